The number of nitrogens with zero attached hydrogens (tertiary/aromatic N) is 2. The molecule has 1 heterocycles. The maximum absolute atomic E-state index is 10.3. The fraction of sp³-hybridized carbons (Fsp3) is 1.00. The maximum atomic E-state index is 10.3. The van der Waals surface area contributed by atoms with Crippen LogP contribution >= 0.6 is 0 Å². The number of aliphatic hydroxyl groups excluding tert-OH is 1. The van der Waals surface area contributed by atoms with Gasteiger partial charge in [0, 0.05) is 32.7 Å². The minimum absolute atomic E-state index is 0.339. The van der Waals surface area contributed by atoms with Crippen LogP contribution < -0.4 is 0 Å². The fourth-order valence-electron chi connectivity index (χ4n) is 3.92. The quantitative estimate of drug-likeness (QED) is 0.814. The third-order valence-corrected chi connectivity index (χ3v) is 5.53. The first kappa shape index (κ1) is 18.2. The van der Waals surface area contributed by atoms with Crippen LogP contribution in [0.4, 0.5) is 0 Å². The number of piperazine rings is 1. The van der Waals surface area contributed by atoms with Crippen molar-refractivity contribution in [1.29, 1.82) is 0 Å². The van der Waals surface area contributed by atoms with Gasteiger partial charge >= 0.3 is 0 Å². The summed E-state index contributed by atoms with van der Waals surface area (Å²) in [4.78, 5) is 4.70. The van der Waals surface area contributed by atoms with Gasteiger partial charge in [-0.1, -0.05) is 27.2 Å². The highest BCUT2D eigenvalue weighted by molar-refractivity contribution is 4.82. The average molecular weight is 312 g/mol. The van der Waals surface area contributed by atoms with Gasteiger partial charge < -0.3 is 14.7 Å². The molecule has 2 aliphatic rings. The minimum Gasteiger partial charge on any atom is -0.389 e. The van der Waals surface area contributed by atoms with Crippen molar-refractivity contribution in [2.45, 2.75) is 52.2 Å². The van der Waals surface area contributed by atoms with E-state index in [0.717, 1.165) is 45.1 Å². The van der Waals surface area contributed by atoms with Crippen molar-refractivity contribution < 1.29 is 9.84 Å². The predicted molar refractivity (Wildman–Crippen MR) is 91.0 cm³/mol. The van der Waals surface area contributed by atoms with E-state index in [0.29, 0.717) is 24.5 Å². The van der Waals surface area contributed by atoms with Gasteiger partial charge in [-0.3, -0.25) is 4.90 Å². The summed E-state index contributed by atoms with van der Waals surface area (Å²) in [5, 5.41) is 10.3. The standard InChI is InChI=1S/C18H36N2O2/c1-14(2)17-6-5-15(3)11-18(17)22-13-16(21)12-20-9-7-19(4)8-10-20/h14-18,21H,5-13H2,1-4H3/t15-,16+,17-,18+/m0/s1. The first-order valence-electron chi connectivity index (χ1n) is 9.16. The van der Waals surface area contributed by atoms with Gasteiger partial charge in [0.25, 0.3) is 0 Å². The van der Waals surface area contributed by atoms with Gasteiger partial charge in [0.05, 0.1) is 18.8 Å². The van der Waals surface area contributed by atoms with Crippen LogP contribution in [-0.4, -0.2) is 73.5 Å². The maximum Gasteiger partial charge on any atom is 0.0900 e. The lowest BCUT2D eigenvalue weighted by atomic mass is 9.75. The van der Waals surface area contributed by atoms with Crippen LogP contribution in [0.25, 0.3) is 0 Å². The Balaban J connectivity index is 1.73. The lowest BCUT2D eigenvalue weighted by Crippen LogP contribution is -2.48. The number of aliphatic hydroxyl groups is 1. The van der Waals surface area contributed by atoms with Gasteiger partial charge in [0.2, 0.25) is 0 Å². The molecule has 1 N–H and O–H groups in total. The van der Waals surface area contributed by atoms with Gasteiger partial charge in [-0.2, -0.15) is 0 Å². The molecule has 0 aromatic rings. The molecule has 4 heteroatoms. The van der Waals surface area contributed by atoms with E-state index in [-0.39, 0.29) is 6.10 Å². The van der Waals surface area contributed by atoms with Crippen molar-refractivity contribution in [3.8, 4) is 0 Å². The molecule has 0 amide bonds. The molecule has 4 atom stereocenters. The molecular weight excluding hydrogens is 276 g/mol. The first-order chi connectivity index (χ1) is 10.5. The average Bonchev–Trinajstić information content (AvgIpc) is 2.47. The summed E-state index contributed by atoms with van der Waals surface area (Å²) in [7, 11) is 2.16. The summed E-state index contributed by atoms with van der Waals surface area (Å²) in [6.45, 7) is 12.5. The van der Waals surface area contributed by atoms with E-state index in [9.17, 15) is 5.11 Å². The van der Waals surface area contributed by atoms with Crippen molar-refractivity contribution in [2.75, 3.05) is 46.4 Å². The first-order valence-corrected chi connectivity index (χ1v) is 9.16. The lowest BCUT2D eigenvalue weighted by molar-refractivity contribution is -0.0751. The van der Waals surface area contributed by atoms with Crippen LogP contribution in [0, 0.1) is 17.8 Å². The zero-order chi connectivity index (χ0) is 16.1. The van der Waals surface area contributed by atoms with Crippen molar-refractivity contribution in [3.05, 3.63) is 0 Å². The monoisotopic (exact) mass is 312 g/mol. The van der Waals surface area contributed by atoms with E-state index in [1.54, 1.807) is 0 Å². The van der Waals surface area contributed by atoms with Crippen molar-refractivity contribution in [2.24, 2.45) is 17.8 Å². The summed E-state index contributed by atoms with van der Waals surface area (Å²) in [6, 6.07) is 0. The summed E-state index contributed by atoms with van der Waals surface area (Å²) < 4.78 is 6.16. The van der Waals surface area contributed by atoms with Crippen LogP contribution in [0.5, 0.6) is 0 Å². The fourth-order valence-corrected chi connectivity index (χ4v) is 3.92. The van der Waals surface area contributed by atoms with E-state index in [1.807, 2.05) is 0 Å². The van der Waals surface area contributed by atoms with Crippen LogP contribution in [0.2, 0.25) is 0 Å². The summed E-state index contributed by atoms with van der Waals surface area (Å²) >= 11 is 0. The SMILES string of the molecule is CC(C)[C@@H]1CC[C@H](C)C[C@H]1OC[C@H](O)CN1CCN(C)CC1. The van der Waals surface area contributed by atoms with Gasteiger partial charge in [-0.25, -0.2) is 0 Å². The number of likely N-dealkylation sites (N-methyl/N-ethyl adjacent to an activating group) is 1. The second-order valence-electron chi connectivity index (χ2n) is 7.96. The van der Waals surface area contributed by atoms with E-state index in [4.69, 9.17) is 4.74 Å². The van der Waals surface area contributed by atoms with E-state index >= 15 is 0 Å². The molecule has 2 rings (SSSR count). The Kier molecular flexibility index (Phi) is 7.13. The molecule has 0 unspecified atom stereocenters. The zero-order valence-corrected chi connectivity index (χ0v) is 15.0. The molecule has 4 nitrogen and oxygen atoms in total. The summed E-state index contributed by atoms with van der Waals surface area (Å²) in [6.07, 6.45) is 3.74. The van der Waals surface area contributed by atoms with Crippen molar-refractivity contribution >= 4 is 0 Å². The number of rotatable bonds is 6. The van der Waals surface area contributed by atoms with Gasteiger partial charge in [0.1, 0.15) is 0 Å². The van der Waals surface area contributed by atoms with Crippen molar-refractivity contribution in [3.63, 3.8) is 0 Å². The molecule has 0 aromatic carbocycles. The van der Waals surface area contributed by atoms with Gasteiger partial charge in [-0.15, -0.1) is 0 Å². The normalized spacial score (nSPS) is 33.3. The molecule has 22 heavy (non-hydrogen) atoms. The Morgan fingerprint density at radius 2 is 1.82 bits per heavy atom. The number of ether oxygens (including phenoxy) is 1. The topological polar surface area (TPSA) is 35.9 Å². The molecule has 0 spiro atoms. The van der Waals surface area contributed by atoms with Gasteiger partial charge in [0.15, 0.2) is 0 Å². The highest BCUT2D eigenvalue weighted by Gasteiger charge is 2.31. The van der Waals surface area contributed by atoms with E-state index in [1.165, 1.54) is 12.8 Å². The second-order valence-corrected chi connectivity index (χ2v) is 7.96. The number of β-amino-alcohol motifs (C(OH)–C–C–N with tert-alkyl or cyclic N) is 1. The Morgan fingerprint density at radius 3 is 2.45 bits per heavy atom. The van der Waals surface area contributed by atoms with Crippen LogP contribution in [0.15, 0.2) is 0 Å². The molecule has 1 saturated carbocycles. The molecule has 1 aliphatic carbocycles. The smallest absolute Gasteiger partial charge is 0.0900 e. The third kappa shape index (κ3) is 5.48. The van der Waals surface area contributed by atoms with Crippen molar-refractivity contribution in [1.82, 2.24) is 9.80 Å². The predicted octanol–water partition coefficient (Wildman–Crippen LogP) is 2.07. The van der Waals surface area contributed by atoms with Gasteiger partial charge in [-0.05, 0) is 37.6 Å². The molecule has 1 saturated heterocycles. The molecule has 1 aliphatic heterocycles. The Bertz CT molecular complexity index is 316. The molecule has 0 aromatic heterocycles. The summed E-state index contributed by atoms with van der Waals surface area (Å²) in [5.41, 5.74) is 0. The molecular formula is C18H36N2O2. The lowest BCUT2D eigenvalue weighted by Gasteiger charge is -2.38. The Morgan fingerprint density at radius 1 is 1.14 bits per heavy atom. The molecule has 0 bridgehead atoms. The summed E-state index contributed by atoms with van der Waals surface area (Å²) in [5.74, 6) is 2.09. The zero-order valence-electron chi connectivity index (χ0n) is 15.0. The molecule has 130 valence electrons. The van der Waals surface area contributed by atoms with Crippen LogP contribution in [0.3, 0.4) is 0 Å². The Hall–Kier alpha value is -0.160. The highest BCUT2D eigenvalue weighted by Crippen LogP contribution is 2.35. The highest BCUT2D eigenvalue weighted by atomic mass is 16.5. The third-order valence-electron chi connectivity index (χ3n) is 5.53. The molecule has 2 fully saturated rings. The Labute approximate surface area is 136 Å². The largest absolute Gasteiger partial charge is 0.389 e. The van der Waals surface area contributed by atoms with Crippen LogP contribution in [-0.2, 0) is 4.74 Å². The number of hydrogen-bond acceptors (Lipinski definition) is 4. The minimum atomic E-state index is -0.353. The molecule has 0 radical (unpaired) electrons. The second kappa shape index (κ2) is 8.62. The van der Waals surface area contributed by atoms with E-state index in [2.05, 4.69) is 37.6 Å². The van der Waals surface area contributed by atoms with Crippen LogP contribution in [0.1, 0.15) is 40.0 Å². The number of hydrogen-bond donors (Lipinski definition) is 1. The van der Waals surface area contributed by atoms with E-state index < -0.39 is 0 Å².